The molecule has 0 radical (unpaired) electrons. The van der Waals surface area contributed by atoms with Gasteiger partial charge in [-0.2, -0.15) is 0 Å². The molecule has 0 bridgehead atoms. The number of aromatic hydroxyl groups is 1. The second-order valence-electron chi connectivity index (χ2n) is 2.07. The monoisotopic (exact) mass is 262 g/mol. The van der Waals surface area contributed by atoms with E-state index in [1.54, 1.807) is 18.2 Å². The fourth-order valence-electron chi connectivity index (χ4n) is 0.781. The zero-order valence-electron chi connectivity index (χ0n) is 5.75. The number of hydrogen-bond acceptors (Lipinski definition) is 2. The van der Waals surface area contributed by atoms with Gasteiger partial charge in [0.2, 0.25) is 0 Å². The van der Waals surface area contributed by atoms with Crippen molar-refractivity contribution in [2.75, 3.05) is 4.43 Å². The number of para-hydroxylation sites is 1. The van der Waals surface area contributed by atoms with Gasteiger partial charge < -0.3 is 5.11 Å². The Morgan fingerprint density at radius 2 is 2.09 bits per heavy atom. The van der Waals surface area contributed by atoms with Gasteiger partial charge in [0.25, 0.3) is 0 Å². The van der Waals surface area contributed by atoms with E-state index in [0.29, 0.717) is 9.99 Å². The number of rotatable bonds is 2. The molecule has 1 N–H and O–H groups in total. The number of halogens is 1. The van der Waals surface area contributed by atoms with Crippen LogP contribution >= 0.6 is 22.6 Å². The largest absolute Gasteiger partial charge is 0.507 e. The third kappa shape index (κ3) is 1.92. The van der Waals surface area contributed by atoms with Gasteiger partial charge in [-0.25, -0.2) is 0 Å². The number of hydrogen-bond donors (Lipinski definition) is 1. The molecule has 0 aliphatic heterocycles. The van der Waals surface area contributed by atoms with Gasteiger partial charge in [0, 0.05) is 0 Å². The van der Waals surface area contributed by atoms with Crippen LogP contribution in [0.4, 0.5) is 0 Å². The molecule has 0 saturated carbocycles. The Balaban J connectivity index is 3.03. The lowest BCUT2D eigenvalue weighted by atomic mass is 10.1. The zero-order valence-corrected chi connectivity index (χ0v) is 7.91. The second-order valence-corrected chi connectivity index (χ2v) is 2.84. The summed E-state index contributed by atoms with van der Waals surface area (Å²) in [6.07, 6.45) is 0. The summed E-state index contributed by atoms with van der Waals surface area (Å²) in [4.78, 5) is 11.1. The third-order valence-electron chi connectivity index (χ3n) is 1.33. The molecule has 0 spiro atoms. The number of Topliss-reactive ketones (excluding diaryl/α,β-unsaturated/α-hetero) is 1. The molecule has 3 heteroatoms. The highest BCUT2D eigenvalue weighted by molar-refractivity contribution is 14.1. The average Bonchev–Trinajstić information content (AvgIpc) is 2.04. The third-order valence-corrected chi connectivity index (χ3v) is 2.02. The smallest absolute Gasteiger partial charge is 0.176 e. The van der Waals surface area contributed by atoms with E-state index in [9.17, 15) is 9.90 Å². The lowest BCUT2D eigenvalue weighted by molar-refractivity contribution is 0.102. The Labute approximate surface area is 78.4 Å². The van der Waals surface area contributed by atoms with E-state index in [1.807, 2.05) is 22.6 Å². The number of alkyl halides is 1. The number of carbonyl (C=O) groups excluding carboxylic acids is 1. The van der Waals surface area contributed by atoms with Crippen LogP contribution in [0.5, 0.6) is 5.75 Å². The first-order valence-electron chi connectivity index (χ1n) is 3.13. The molecule has 0 aliphatic carbocycles. The van der Waals surface area contributed by atoms with E-state index in [4.69, 9.17) is 0 Å². The summed E-state index contributed by atoms with van der Waals surface area (Å²) in [7, 11) is 0. The van der Waals surface area contributed by atoms with Crippen molar-refractivity contribution < 1.29 is 9.90 Å². The number of phenols is 1. The minimum Gasteiger partial charge on any atom is -0.507 e. The van der Waals surface area contributed by atoms with Crippen LogP contribution in [-0.4, -0.2) is 15.3 Å². The minimum atomic E-state index is -0.0382. The van der Waals surface area contributed by atoms with Crippen molar-refractivity contribution in [1.82, 2.24) is 0 Å². The van der Waals surface area contributed by atoms with Gasteiger partial charge >= 0.3 is 0 Å². The van der Waals surface area contributed by atoms with Crippen LogP contribution in [0.2, 0.25) is 0 Å². The van der Waals surface area contributed by atoms with Crippen LogP contribution in [0.1, 0.15) is 10.4 Å². The van der Waals surface area contributed by atoms with Crippen molar-refractivity contribution in [2.45, 2.75) is 0 Å². The molecule has 0 amide bonds. The van der Waals surface area contributed by atoms with Crippen LogP contribution < -0.4 is 0 Å². The molecule has 1 aromatic carbocycles. The van der Waals surface area contributed by atoms with Crippen molar-refractivity contribution in [3.05, 3.63) is 29.8 Å². The van der Waals surface area contributed by atoms with E-state index in [2.05, 4.69) is 0 Å². The Kier molecular flexibility index (Phi) is 2.87. The second kappa shape index (κ2) is 3.71. The van der Waals surface area contributed by atoms with Crippen molar-refractivity contribution in [3.63, 3.8) is 0 Å². The normalized spacial score (nSPS) is 9.55. The van der Waals surface area contributed by atoms with Gasteiger partial charge in [-0.1, -0.05) is 34.7 Å². The Morgan fingerprint density at radius 1 is 1.45 bits per heavy atom. The Hall–Kier alpha value is -0.580. The highest BCUT2D eigenvalue weighted by atomic mass is 127. The van der Waals surface area contributed by atoms with E-state index in [-0.39, 0.29) is 11.5 Å². The maximum Gasteiger partial charge on any atom is 0.176 e. The number of ketones is 1. The molecule has 0 aromatic heterocycles. The van der Waals surface area contributed by atoms with Gasteiger partial charge in [0.05, 0.1) is 9.99 Å². The predicted octanol–water partition coefficient (Wildman–Crippen LogP) is 2.01. The summed E-state index contributed by atoms with van der Waals surface area (Å²) in [6.45, 7) is 0. The fourth-order valence-corrected chi connectivity index (χ4v) is 1.19. The SMILES string of the molecule is O=C(CI)c1ccccc1O. The molecule has 2 nitrogen and oxygen atoms in total. The van der Waals surface area contributed by atoms with Crippen LogP contribution in [0.25, 0.3) is 0 Å². The topological polar surface area (TPSA) is 37.3 Å². The number of carbonyl (C=O) groups is 1. The summed E-state index contributed by atoms with van der Waals surface area (Å²) in [6, 6.07) is 6.56. The first-order valence-corrected chi connectivity index (χ1v) is 4.65. The first kappa shape index (κ1) is 8.52. The summed E-state index contributed by atoms with van der Waals surface area (Å²) < 4.78 is 0.398. The molecular formula is C8H7IO2. The molecule has 0 aliphatic rings. The van der Waals surface area contributed by atoms with E-state index < -0.39 is 0 Å². The van der Waals surface area contributed by atoms with E-state index in [1.165, 1.54) is 6.07 Å². The summed E-state index contributed by atoms with van der Waals surface area (Å²) in [5.74, 6) is 0.0258. The van der Waals surface area contributed by atoms with Gasteiger partial charge in [-0.3, -0.25) is 4.79 Å². The highest BCUT2D eigenvalue weighted by Crippen LogP contribution is 2.16. The molecule has 58 valence electrons. The predicted molar refractivity (Wildman–Crippen MR) is 51.3 cm³/mol. The summed E-state index contributed by atoms with van der Waals surface area (Å²) in [5, 5.41) is 9.19. The lowest BCUT2D eigenvalue weighted by Gasteiger charge is -1.98. The van der Waals surface area contributed by atoms with Crippen molar-refractivity contribution in [1.29, 1.82) is 0 Å². The molecule has 0 heterocycles. The van der Waals surface area contributed by atoms with Crippen molar-refractivity contribution in [2.24, 2.45) is 0 Å². The van der Waals surface area contributed by atoms with Crippen molar-refractivity contribution >= 4 is 28.4 Å². The van der Waals surface area contributed by atoms with Gasteiger partial charge in [0.15, 0.2) is 5.78 Å². The summed E-state index contributed by atoms with van der Waals surface area (Å²) in [5.41, 5.74) is 0.405. The quantitative estimate of drug-likeness (QED) is 0.503. The minimum absolute atomic E-state index is 0.0382. The molecule has 11 heavy (non-hydrogen) atoms. The fraction of sp³-hybridized carbons (Fsp3) is 0.125. The van der Waals surface area contributed by atoms with Crippen molar-refractivity contribution in [3.8, 4) is 5.75 Å². The molecule has 1 rings (SSSR count). The number of phenolic OH excluding ortho intramolecular Hbond substituents is 1. The maximum atomic E-state index is 11.1. The van der Waals surface area contributed by atoms with Crippen LogP contribution in [0, 0.1) is 0 Å². The van der Waals surface area contributed by atoms with E-state index >= 15 is 0 Å². The molecule has 1 aromatic rings. The molecule has 0 fully saturated rings. The van der Waals surface area contributed by atoms with Crippen LogP contribution in [0.3, 0.4) is 0 Å². The summed E-state index contributed by atoms with van der Waals surface area (Å²) >= 11 is 1.97. The van der Waals surface area contributed by atoms with Crippen LogP contribution in [-0.2, 0) is 0 Å². The van der Waals surface area contributed by atoms with E-state index in [0.717, 1.165) is 0 Å². The Morgan fingerprint density at radius 3 is 2.64 bits per heavy atom. The molecular weight excluding hydrogens is 255 g/mol. The van der Waals surface area contributed by atoms with Gasteiger partial charge in [0.1, 0.15) is 5.75 Å². The highest BCUT2D eigenvalue weighted by Gasteiger charge is 2.06. The molecule has 0 saturated heterocycles. The van der Waals surface area contributed by atoms with Gasteiger partial charge in [-0.05, 0) is 12.1 Å². The standard InChI is InChI=1S/C8H7IO2/c9-5-8(11)6-3-1-2-4-7(6)10/h1-4,10H,5H2. The lowest BCUT2D eigenvalue weighted by Crippen LogP contribution is -1.99. The molecule has 0 unspecified atom stereocenters. The number of benzene rings is 1. The zero-order chi connectivity index (χ0) is 8.27. The van der Waals surface area contributed by atoms with Gasteiger partial charge in [-0.15, -0.1) is 0 Å². The Bertz CT molecular complexity index is 271. The first-order chi connectivity index (χ1) is 5.25. The molecule has 0 atom stereocenters. The average molecular weight is 262 g/mol. The maximum absolute atomic E-state index is 11.1. The van der Waals surface area contributed by atoms with Crippen LogP contribution in [0.15, 0.2) is 24.3 Å².